The van der Waals surface area contributed by atoms with Crippen molar-refractivity contribution in [2.45, 2.75) is 52.0 Å². The van der Waals surface area contributed by atoms with Gasteiger partial charge in [0, 0.05) is 18.0 Å². The van der Waals surface area contributed by atoms with Crippen LogP contribution in [-0.2, 0) is 21.2 Å². The van der Waals surface area contributed by atoms with Gasteiger partial charge in [-0.1, -0.05) is 43.7 Å². The molecule has 2 aromatic carbocycles. The first-order valence-electron chi connectivity index (χ1n) is 12.2. The van der Waals surface area contributed by atoms with E-state index in [-0.39, 0.29) is 41.7 Å². The summed E-state index contributed by atoms with van der Waals surface area (Å²) in [5.74, 6) is -0.555. The zero-order valence-electron chi connectivity index (χ0n) is 21.4. The van der Waals surface area contributed by atoms with Crippen molar-refractivity contribution in [2.24, 2.45) is 5.92 Å². The third-order valence-corrected chi connectivity index (χ3v) is 9.67. The van der Waals surface area contributed by atoms with Crippen LogP contribution in [0.25, 0.3) is 0 Å². The summed E-state index contributed by atoms with van der Waals surface area (Å²) in [6, 6.07) is 11.6. The smallest absolute Gasteiger partial charge is 0.244 e. The Bertz CT molecular complexity index is 1340. The van der Waals surface area contributed by atoms with E-state index in [4.69, 9.17) is 0 Å². The highest BCUT2D eigenvalue weighted by Gasteiger charge is 2.36. The normalized spacial score (nSPS) is 16.0. The van der Waals surface area contributed by atoms with Crippen molar-refractivity contribution in [1.29, 1.82) is 0 Å². The SMILES string of the molecule is Cc1cc(C)c(S(=O)(=O)N(CC(=O)N2CCc3sccc3C2c2ccc(F)cc2)CC(C)C)c(C)c1. The first-order chi connectivity index (χ1) is 17.0. The summed E-state index contributed by atoms with van der Waals surface area (Å²) >= 11 is 1.65. The number of carbonyl (C=O) groups is 1. The lowest BCUT2D eigenvalue weighted by atomic mass is 9.93. The molecule has 0 radical (unpaired) electrons. The number of rotatable bonds is 7. The Hall–Kier alpha value is -2.55. The fourth-order valence-corrected chi connectivity index (χ4v) is 8.06. The Morgan fingerprint density at radius 1 is 1.11 bits per heavy atom. The van der Waals surface area contributed by atoms with Crippen LogP contribution in [0.1, 0.15) is 52.6 Å². The maximum absolute atomic E-state index is 13.9. The average molecular weight is 529 g/mol. The third kappa shape index (κ3) is 5.26. The molecule has 1 aliphatic rings. The molecule has 36 heavy (non-hydrogen) atoms. The van der Waals surface area contributed by atoms with Crippen molar-refractivity contribution >= 4 is 27.3 Å². The molecule has 192 valence electrons. The van der Waals surface area contributed by atoms with Crippen molar-refractivity contribution in [3.8, 4) is 0 Å². The van der Waals surface area contributed by atoms with Crippen LogP contribution in [0.2, 0.25) is 0 Å². The Morgan fingerprint density at radius 2 is 1.75 bits per heavy atom. The van der Waals surface area contributed by atoms with E-state index in [1.54, 1.807) is 42.2 Å². The van der Waals surface area contributed by atoms with Gasteiger partial charge in [-0.15, -0.1) is 11.3 Å². The minimum Gasteiger partial charge on any atom is -0.330 e. The molecule has 1 aliphatic heterocycles. The van der Waals surface area contributed by atoms with E-state index < -0.39 is 10.0 Å². The second-order valence-electron chi connectivity index (χ2n) is 10.0. The van der Waals surface area contributed by atoms with Crippen molar-refractivity contribution in [3.63, 3.8) is 0 Å². The molecule has 0 saturated carbocycles. The zero-order valence-corrected chi connectivity index (χ0v) is 23.0. The molecule has 0 N–H and O–H groups in total. The van der Waals surface area contributed by atoms with Gasteiger partial charge in [0.2, 0.25) is 15.9 Å². The molecule has 4 rings (SSSR count). The number of halogens is 1. The van der Waals surface area contributed by atoms with Gasteiger partial charge in [0.25, 0.3) is 0 Å². The molecule has 0 spiro atoms. The van der Waals surface area contributed by atoms with Gasteiger partial charge >= 0.3 is 0 Å². The molecule has 8 heteroatoms. The zero-order chi connectivity index (χ0) is 26.2. The molecule has 0 aliphatic carbocycles. The van der Waals surface area contributed by atoms with E-state index in [1.165, 1.54) is 21.3 Å². The predicted octanol–water partition coefficient (Wildman–Crippen LogP) is 5.63. The number of aryl methyl sites for hydroxylation is 3. The van der Waals surface area contributed by atoms with Gasteiger partial charge < -0.3 is 4.90 Å². The lowest BCUT2D eigenvalue weighted by Gasteiger charge is -2.37. The van der Waals surface area contributed by atoms with Gasteiger partial charge in [0.15, 0.2) is 0 Å². The maximum atomic E-state index is 13.9. The maximum Gasteiger partial charge on any atom is 0.244 e. The monoisotopic (exact) mass is 528 g/mol. The number of carbonyl (C=O) groups excluding carboxylic acids is 1. The molecular weight excluding hydrogens is 495 g/mol. The summed E-state index contributed by atoms with van der Waals surface area (Å²) in [6.45, 7) is 9.90. The first-order valence-corrected chi connectivity index (χ1v) is 14.5. The fraction of sp³-hybridized carbons (Fsp3) is 0.393. The number of sulfonamides is 1. The molecular formula is C28H33FN2O3S2. The molecule has 1 amide bonds. The van der Waals surface area contributed by atoms with E-state index in [0.717, 1.165) is 16.7 Å². The Kier molecular flexibility index (Phi) is 7.69. The second kappa shape index (κ2) is 10.4. The van der Waals surface area contributed by atoms with Crippen molar-refractivity contribution in [2.75, 3.05) is 19.6 Å². The highest BCUT2D eigenvalue weighted by Crippen LogP contribution is 2.38. The van der Waals surface area contributed by atoms with Gasteiger partial charge in [0.1, 0.15) is 5.82 Å². The summed E-state index contributed by atoms with van der Waals surface area (Å²) in [5, 5.41) is 2.01. The lowest BCUT2D eigenvalue weighted by molar-refractivity contribution is -0.133. The van der Waals surface area contributed by atoms with Crippen LogP contribution >= 0.6 is 11.3 Å². The van der Waals surface area contributed by atoms with Crippen LogP contribution in [0.4, 0.5) is 4.39 Å². The van der Waals surface area contributed by atoms with Crippen LogP contribution in [0.15, 0.2) is 52.7 Å². The topological polar surface area (TPSA) is 57.7 Å². The summed E-state index contributed by atoms with van der Waals surface area (Å²) in [7, 11) is -3.91. The second-order valence-corrected chi connectivity index (χ2v) is 12.9. The minimum atomic E-state index is -3.91. The largest absolute Gasteiger partial charge is 0.330 e. The van der Waals surface area contributed by atoms with E-state index >= 15 is 0 Å². The van der Waals surface area contributed by atoms with Crippen molar-refractivity contribution < 1.29 is 17.6 Å². The molecule has 1 aromatic heterocycles. The van der Waals surface area contributed by atoms with E-state index in [2.05, 4.69) is 0 Å². The highest BCUT2D eigenvalue weighted by atomic mass is 32.2. The summed E-state index contributed by atoms with van der Waals surface area (Å²) in [6.07, 6.45) is 0.712. The first kappa shape index (κ1) is 26.5. The van der Waals surface area contributed by atoms with Crippen LogP contribution in [0.3, 0.4) is 0 Å². The quantitative estimate of drug-likeness (QED) is 0.399. The van der Waals surface area contributed by atoms with Gasteiger partial charge in [-0.2, -0.15) is 4.31 Å². The number of amides is 1. The Labute approximate surface area is 217 Å². The van der Waals surface area contributed by atoms with Crippen molar-refractivity contribution in [3.05, 3.63) is 86.4 Å². The molecule has 0 fully saturated rings. The van der Waals surface area contributed by atoms with Gasteiger partial charge in [-0.05, 0) is 78.9 Å². The van der Waals surface area contributed by atoms with Crippen LogP contribution < -0.4 is 0 Å². The average Bonchev–Trinajstić information content (AvgIpc) is 3.26. The van der Waals surface area contributed by atoms with Gasteiger partial charge in [-0.3, -0.25) is 4.79 Å². The van der Waals surface area contributed by atoms with E-state index in [0.29, 0.717) is 24.1 Å². The minimum absolute atomic E-state index is 0.0383. The lowest BCUT2D eigenvalue weighted by Crippen LogP contribution is -2.47. The van der Waals surface area contributed by atoms with Crippen LogP contribution in [0.5, 0.6) is 0 Å². The summed E-state index contributed by atoms with van der Waals surface area (Å²) in [5.41, 5.74) is 4.19. The Balaban J connectivity index is 1.70. The van der Waals surface area contributed by atoms with E-state index in [1.807, 2.05) is 44.4 Å². The molecule has 5 nitrogen and oxygen atoms in total. The molecule has 3 aromatic rings. The van der Waals surface area contributed by atoms with Crippen LogP contribution in [0, 0.1) is 32.5 Å². The Morgan fingerprint density at radius 3 is 2.36 bits per heavy atom. The summed E-state index contributed by atoms with van der Waals surface area (Å²) in [4.78, 5) is 17.0. The van der Waals surface area contributed by atoms with Gasteiger partial charge in [0.05, 0.1) is 17.5 Å². The third-order valence-electron chi connectivity index (χ3n) is 6.55. The standard InChI is InChI=1S/C28H33FN2O3S2/c1-18(2)16-30(36(33,34)28-20(4)14-19(3)15-21(28)5)17-26(32)31-12-10-25-24(11-13-35-25)27(31)22-6-8-23(29)9-7-22/h6-9,11,13-15,18,27H,10,12,16-17H2,1-5H3. The van der Waals surface area contributed by atoms with Gasteiger partial charge in [-0.25, -0.2) is 12.8 Å². The number of hydrogen-bond donors (Lipinski definition) is 0. The highest BCUT2D eigenvalue weighted by molar-refractivity contribution is 7.89. The number of hydrogen-bond acceptors (Lipinski definition) is 4. The van der Waals surface area contributed by atoms with E-state index in [9.17, 15) is 17.6 Å². The molecule has 0 saturated heterocycles. The number of fused-ring (bicyclic) bond motifs is 1. The molecule has 1 unspecified atom stereocenters. The molecule has 0 bridgehead atoms. The van der Waals surface area contributed by atoms with Crippen molar-refractivity contribution in [1.82, 2.24) is 9.21 Å². The molecule has 2 heterocycles. The fourth-order valence-electron chi connectivity index (χ4n) is 5.19. The van der Waals surface area contributed by atoms with Crippen LogP contribution in [-0.4, -0.2) is 43.2 Å². The molecule has 1 atom stereocenters. The number of benzene rings is 2. The number of nitrogens with zero attached hydrogens (tertiary/aromatic N) is 2. The summed E-state index contributed by atoms with van der Waals surface area (Å²) < 4.78 is 42.8. The predicted molar refractivity (Wildman–Crippen MR) is 142 cm³/mol. The number of thiophene rings is 1.